The second-order valence-electron chi connectivity index (χ2n) is 6.44. The first-order valence-electron chi connectivity index (χ1n) is 8.58. The lowest BCUT2D eigenvalue weighted by Crippen LogP contribution is -2.40. The Balaban J connectivity index is 1.47. The number of aliphatic hydroxyl groups is 1. The normalized spacial score (nSPS) is 19.0. The lowest BCUT2D eigenvalue weighted by Gasteiger charge is -2.25. The molecule has 1 aromatic heterocycles. The van der Waals surface area contributed by atoms with E-state index in [4.69, 9.17) is 4.42 Å². The van der Waals surface area contributed by atoms with E-state index in [0.29, 0.717) is 25.3 Å². The molecule has 5 nitrogen and oxygen atoms in total. The number of rotatable bonds is 7. The van der Waals surface area contributed by atoms with Crippen molar-refractivity contribution in [1.29, 1.82) is 0 Å². The molecule has 2 N–H and O–H groups in total. The summed E-state index contributed by atoms with van der Waals surface area (Å²) in [6, 6.07) is 9.77. The molecule has 0 spiro atoms. The van der Waals surface area contributed by atoms with Crippen LogP contribution in [0.1, 0.15) is 36.7 Å². The van der Waals surface area contributed by atoms with E-state index in [1.165, 1.54) is 12.1 Å². The minimum atomic E-state index is -0.650. The van der Waals surface area contributed by atoms with Crippen molar-refractivity contribution in [3.05, 3.63) is 59.8 Å². The van der Waals surface area contributed by atoms with Gasteiger partial charge in [0.05, 0.1) is 12.8 Å². The Morgan fingerprint density at radius 1 is 1.36 bits per heavy atom. The van der Waals surface area contributed by atoms with E-state index >= 15 is 0 Å². The second kappa shape index (κ2) is 8.27. The number of likely N-dealkylation sites (tertiary alicyclic amines) is 1. The maximum absolute atomic E-state index is 12.9. The molecule has 0 aliphatic carbocycles. The summed E-state index contributed by atoms with van der Waals surface area (Å²) in [6.07, 6.45) is 3.43. The van der Waals surface area contributed by atoms with E-state index in [2.05, 4.69) is 10.2 Å². The van der Waals surface area contributed by atoms with Gasteiger partial charge in [-0.2, -0.15) is 0 Å². The Labute approximate surface area is 146 Å². The fraction of sp³-hybridized carbons (Fsp3) is 0.421. The van der Waals surface area contributed by atoms with Gasteiger partial charge in [0, 0.05) is 12.6 Å². The van der Waals surface area contributed by atoms with E-state index in [1.807, 2.05) is 0 Å². The molecule has 3 rings (SSSR count). The third-order valence-electron chi connectivity index (χ3n) is 4.62. The number of nitrogens with zero attached hydrogens (tertiary/aromatic N) is 1. The van der Waals surface area contributed by atoms with Gasteiger partial charge in [0.2, 0.25) is 5.91 Å². The molecule has 1 saturated heterocycles. The van der Waals surface area contributed by atoms with Crippen LogP contribution in [0.3, 0.4) is 0 Å². The van der Waals surface area contributed by atoms with Crippen LogP contribution in [-0.4, -0.2) is 35.0 Å². The first kappa shape index (κ1) is 17.6. The molecule has 2 heterocycles. The highest BCUT2D eigenvalue weighted by atomic mass is 19.1. The molecule has 1 fully saturated rings. The number of benzene rings is 1. The van der Waals surface area contributed by atoms with Crippen molar-refractivity contribution >= 4 is 5.91 Å². The number of hydrogen-bond donors (Lipinski definition) is 2. The summed E-state index contributed by atoms with van der Waals surface area (Å²) >= 11 is 0. The van der Waals surface area contributed by atoms with Crippen molar-refractivity contribution in [1.82, 2.24) is 10.2 Å². The largest absolute Gasteiger partial charge is 0.467 e. The zero-order valence-corrected chi connectivity index (χ0v) is 14.0. The van der Waals surface area contributed by atoms with Gasteiger partial charge in [-0.1, -0.05) is 12.1 Å². The van der Waals surface area contributed by atoms with Gasteiger partial charge in [0.15, 0.2) is 0 Å². The van der Waals surface area contributed by atoms with Crippen LogP contribution in [0.25, 0.3) is 0 Å². The fourth-order valence-corrected chi connectivity index (χ4v) is 3.27. The van der Waals surface area contributed by atoms with Crippen LogP contribution >= 0.6 is 0 Å². The van der Waals surface area contributed by atoms with Crippen molar-refractivity contribution in [2.45, 2.75) is 38.0 Å². The van der Waals surface area contributed by atoms with Gasteiger partial charge in [-0.3, -0.25) is 9.69 Å². The molecule has 2 atom stereocenters. The molecule has 1 amide bonds. The van der Waals surface area contributed by atoms with Crippen LogP contribution in [0.15, 0.2) is 47.1 Å². The SMILES string of the molecule is O=C(CN1CCCC1CC(O)c1ccco1)NCc1ccc(F)cc1. The summed E-state index contributed by atoms with van der Waals surface area (Å²) < 4.78 is 18.1. The van der Waals surface area contributed by atoms with Crippen LogP contribution < -0.4 is 5.32 Å². The van der Waals surface area contributed by atoms with Crippen molar-refractivity contribution in [3.63, 3.8) is 0 Å². The Kier molecular flexibility index (Phi) is 5.83. The lowest BCUT2D eigenvalue weighted by atomic mass is 10.1. The summed E-state index contributed by atoms with van der Waals surface area (Å²) in [5.41, 5.74) is 0.862. The zero-order chi connectivity index (χ0) is 17.6. The summed E-state index contributed by atoms with van der Waals surface area (Å²) in [6.45, 7) is 1.53. The predicted octanol–water partition coefficient (Wildman–Crippen LogP) is 2.62. The number of carbonyl (C=O) groups excluding carboxylic acids is 1. The predicted molar refractivity (Wildman–Crippen MR) is 91.1 cm³/mol. The topological polar surface area (TPSA) is 65.7 Å². The van der Waals surface area contributed by atoms with Gasteiger partial charge in [0.25, 0.3) is 0 Å². The van der Waals surface area contributed by atoms with Crippen molar-refractivity contribution < 1.29 is 18.7 Å². The van der Waals surface area contributed by atoms with Crippen LogP contribution in [0.5, 0.6) is 0 Å². The van der Waals surface area contributed by atoms with Crippen molar-refractivity contribution in [2.24, 2.45) is 0 Å². The molecule has 6 heteroatoms. The third kappa shape index (κ3) is 4.90. The molecular weight excluding hydrogens is 323 g/mol. The Morgan fingerprint density at radius 2 is 2.16 bits per heavy atom. The van der Waals surface area contributed by atoms with Gasteiger partial charge >= 0.3 is 0 Å². The quantitative estimate of drug-likeness (QED) is 0.809. The number of aliphatic hydroxyl groups excluding tert-OH is 1. The molecule has 25 heavy (non-hydrogen) atoms. The highest BCUT2D eigenvalue weighted by Gasteiger charge is 2.29. The number of amides is 1. The van der Waals surface area contributed by atoms with Gasteiger partial charge in [-0.25, -0.2) is 4.39 Å². The minimum absolute atomic E-state index is 0.0660. The van der Waals surface area contributed by atoms with Crippen LogP contribution in [0, 0.1) is 5.82 Å². The monoisotopic (exact) mass is 346 g/mol. The Morgan fingerprint density at radius 3 is 2.88 bits per heavy atom. The highest BCUT2D eigenvalue weighted by Crippen LogP contribution is 2.27. The molecule has 1 aliphatic rings. The van der Waals surface area contributed by atoms with Crippen molar-refractivity contribution in [3.8, 4) is 0 Å². The number of hydrogen-bond acceptors (Lipinski definition) is 4. The van der Waals surface area contributed by atoms with Crippen molar-refractivity contribution in [2.75, 3.05) is 13.1 Å². The average Bonchev–Trinajstić information content (AvgIpc) is 3.27. The number of halogens is 1. The van der Waals surface area contributed by atoms with Gasteiger partial charge in [0.1, 0.15) is 17.7 Å². The number of carbonyl (C=O) groups is 1. The van der Waals surface area contributed by atoms with E-state index in [1.54, 1.807) is 30.5 Å². The minimum Gasteiger partial charge on any atom is -0.467 e. The first-order chi connectivity index (χ1) is 12.1. The molecular formula is C19H23FN2O3. The van der Waals surface area contributed by atoms with Crippen LogP contribution in [-0.2, 0) is 11.3 Å². The smallest absolute Gasteiger partial charge is 0.234 e. The Bertz CT molecular complexity index is 672. The first-order valence-corrected chi connectivity index (χ1v) is 8.58. The molecule has 0 saturated carbocycles. The number of furan rings is 1. The summed E-state index contributed by atoms with van der Waals surface area (Å²) in [5, 5.41) is 13.1. The Hall–Kier alpha value is -2.18. The molecule has 0 radical (unpaired) electrons. The molecule has 2 unspecified atom stereocenters. The van der Waals surface area contributed by atoms with E-state index in [9.17, 15) is 14.3 Å². The second-order valence-corrected chi connectivity index (χ2v) is 6.44. The summed E-state index contributed by atoms with van der Waals surface area (Å²) in [4.78, 5) is 14.3. The molecule has 1 aliphatic heterocycles. The van der Waals surface area contributed by atoms with E-state index in [-0.39, 0.29) is 17.8 Å². The fourth-order valence-electron chi connectivity index (χ4n) is 3.27. The van der Waals surface area contributed by atoms with E-state index < -0.39 is 6.10 Å². The number of nitrogens with one attached hydrogen (secondary N) is 1. The van der Waals surface area contributed by atoms with Crippen LogP contribution in [0.2, 0.25) is 0 Å². The van der Waals surface area contributed by atoms with Gasteiger partial charge in [-0.15, -0.1) is 0 Å². The third-order valence-corrected chi connectivity index (χ3v) is 4.62. The highest BCUT2D eigenvalue weighted by molar-refractivity contribution is 5.78. The molecule has 0 bridgehead atoms. The lowest BCUT2D eigenvalue weighted by molar-refractivity contribution is -0.122. The standard InChI is InChI=1S/C19H23FN2O3/c20-15-7-5-14(6-8-15)12-21-19(24)13-22-9-1-3-16(22)11-17(23)18-4-2-10-25-18/h2,4-8,10,16-17,23H,1,3,9,11-13H2,(H,21,24). The van der Waals surface area contributed by atoms with Crippen LogP contribution in [0.4, 0.5) is 4.39 Å². The van der Waals surface area contributed by atoms with Gasteiger partial charge in [-0.05, 0) is 55.6 Å². The molecule has 134 valence electrons. The summed E-state index contributed by atoms with van der Waals surface area (Å²) in [5.74, 6) is 0.210. The molecule has 2 aromatic rings. The summed E-state index contributed by atoms with van der Waals surface area (Å²) in [7, 11) is 0. The average molecular weight is 346 g/mol. The van der Waals surface area contributed by atoms with Gasteiger partial charge < -0.3 is 14.8 Å². The maximum atomic E-state index is 12.9. The molecule has 1 aromatic carbocycles. The van der Waals surface area contributed by atoms with E-state index in [0.717, 1.165) is 24.9 Å². The maximum Gasteiger partial charge on any atom is 0.234 e. The zero-order valence-electron chi connectivity index (χ0n) is 14.0.